The SMILES string of the molecule is CC1(C)S[C@H]2N(C(=O)[C@@]2(N)S(N)(=O)=O)[C@H]1C(=O)O. The fourth-order valence-corrected chi connectivity index (χ4v) is 5.13. The Bertz CT molecular complexity index is 545. The minimum Gasteiger partial charge on any atom is -0.480 e. The van der Waals surface area contributed by atoms with Crippen LogP contribution in [0.1, 0.15) is 13.8 Å². The van der Waals surface area contributed by atoms with Gasteiger partial charge < -0.3 is 15.7 Å². The zero-order chi connectivity index (χ0) is 14.1. The number of carbonyl (C=O) groups is 2. The molecule has 2 fully saturated rings. The van der Waals surface area contributed by atoms with Crippen LogP contribution in [0.5, 0.6) is 0 Å². The fourth-order valence-electron chi connectivity index (χ4n) is 2.32. The first kappa shape index (κ1) is 13.6. The van der Waals surface area contributed by atoms with Gasteiger partial charge in [0.05, 0.1) is 0 Å². The van der Waals surface area contributed by atoms with Crippen molar-refractivity contribution in [1.82, 2.24) is 4.90 Å². The number of sulfonamides is 1. The first-order chi connectivity index (χ1) is 7.94. The summed E-state index contributed by atoms with van der Waals surface area (Å²) in [7, 11) is -4.30. The molecule has 0 bridgehead atoms. The van der Waals surface area contributed by atoms with Gasteiger partial charge in [-0.05, 0) is 13.8 Å². The van der Waals surface area contributed by atoms with Crippen molar-refractivity contribution in [3.63, 3.8) is 0 Å². The Hall–Kier alpha value is -0.840. The number of fused-ring (bicyclic) bond motifs is 1. The molecule has 0 radical (unpaired) electrons. The number of hydrogen-bond acceptors (Lipinski definition) is 6. The summed E-state index contributed by atoms with van der Waals surface area (Å²) in [6.45, 7) is 3.23. The smallest absolute Gasteiger partial charge is 0.327 e. The van der Waals surface area contributed by atoms with Crippen LogP contribution in [0.4, 0.5) is 0 Å². The van der Waals surface area contributed by atoms with E-state index in [-0.39, 0.29) is 0 Å². The van der Waals surface area contributed by atoms with Gasteiger partial charge in [-0.15, -0.1) is 11.8 Å². The summed E-state index contributed by atoms with van der Waals surface area (Å²) in [6, 6.07) is -1.11. The summed E-state index contributed by atoms with van der Waals surface area (Å²) < 4.78 is 22.0. The number of nitrogens with two attached hydrogens (primary N) is 2. The highest BCUT2D eigenvalue weighted by molar-refractivity contribution is 8.03. The monoisotopic (exact) mass is 295 g/mol. The van der Waals surface area contributed by atoms with Gasteiger partial charge in [-0.3, -0.25) is 4.79 Å². The number of β-lactam (4-membered cyclic amide) rings is 1. The third-order valence-electron chi connectivity index (χ3n) is 3.25. The number of amides is 1. The standard InChI is InChI=1S/C8H13N3O5S2/c1-7(2)3(4(12)13)11-5(14)8(9,6(11)17-7)18(10,15)16/h3,6H,9H2,1-2H3,(H,12,13)(H2,10,15,16)/t3-,6+,8+/m0/s1. The molecule has 0 aromatic carbocycles. The van der Waals surface area contributed by atoms with Crippen LogP contribution < -0.4 is 10.9 Å². The molecule has 1 amide bonds. The highest BCUT2D eigenvalue weighted by atomic mass is 32.2. The van der Waals surface area contributed by atoms with Crippen LogP contribution in [0.3, 0.4) is 0 Å². The summed E-state index contributed by atoms with van der Waals surface area (Å²) >= 11 is 1.03. The zero-order valence-electron chi connectivity index (χ0n) is 9.65. The molecule has 2 rings (SSSR count). The van der Waals surface area contributed by atoms with Gasteiger partial charge in [0.25, 0.3) is 5.91 Å². The van der Waals surface area contributed by atoms with Crippen molar-refractivity contribution in [1.29, 1.82) is 0 Å². The van der Waals surface area contributed by atoms with E-state index in [1.165, 1.54) is 0 Å². The Kier molecular flexibility index (Phi) is 2.55. The number of carbonyl (C=O) groups excluding carboxylic acids is 1. The lowest BCUT2D eigenvalue weighted by atomic mass is 9.96. The second-order valence-electron chi connectivity index (χ2n) is 4.86. The van der Waals surface area contributed by atoms with E-state index in [1.807, 2.05) is 0 Å². The lowest BCUT2D eigenvalue weighted by Crippen LogP contribution is -2.81. The van der Waals surface area contributed by atoms with E-state index in [1.54, 1.807) is 13.8 Å². The first-order valence-corrected chi connectivity index (χ1v) is 7.42. The minimum atomic E-state index is -4.30. The van der Waals surface area contributed by atoms with E-state index < -0.39 is 42.9 Å². The van der Waals surface area contributed by atoms with Crippen LogP contribution in [-0.2, 0) is 19.6 Å². The predicted molar refractivity (Wildman–Crippen MR) is 63.8 cm³/mol. The largest absolute Gasteiger partial charge is 0.480 e. The van der Waals surface area contributed by atoms with E-state index >= 15 is 0 Å². The molecule has 5 N–H and O–H groups in total. The molecule has 2 heterocycles. The van der Waals surface area contributed by atoms with Crippen LogP contribution in [0.2, 0.25) is 0 Å². The number of aliphatic carboxylic acids is 1. The average molecular weight is 295 g/mol. The second kappa shape index (κ2) is 3.38. The number of nitrogens with zero attached hydrogens (tertiary/aromatic N) is 1. The molecule has 8 nitrogen and oxygen atoms in total. The van der Waals surface area contributed by atoms with E-state index in [0.717, 1.165) is 16.7 Å². The van der Waals surface area contributed by atoms with Crippen molar-refractivity contribution < 1.29 is 23.1 Å². The van der Waals surface area contributed by atoms with Gasteiger partial charge in [-0.2, -0.15) is 0 Å². The van der Waals surface area contributed by atoms with E-state index in [2.05, 4.69) is 0 Å². The average Bonchev–Trinajstić information content (AvgIpc) is 2.45. The number of carboxylic acid groups (broad SMARTS) is 1. The van der Waals surface area contributed by atoms with E-state index in [9.17, 15) is 18.0 Å². The van der Waals surface area contributed by atoms with Gasteiger partial charge in [0.2, 0.25) is 14.9 Å². The molecule has 0 aromatic rings. The maximum absolute atomic E-state index is 11.9. The van der Waals surface area contributed by atoms with Crippen LogP contribution in [0.25, 0.3) is 0 Å². The molecule has 0 spiro atoms. The van der Waals surface area contributed by atoms with E-state index in [4.69, 9.17) is 16.0 Å². The third-order valence-corrected chi connectivity index (χ3v) is 6.39. The zero-order valence-corrected chi connectivity index (χ0v) is 11.3. The quantitative estimate of drug-likeness (QED) is 0.503. The molecule has 2 saturated heterocycles. The topological polar surface area (TPSA) is 144 Å². The molecule has 102 valence electrons. The van der Waals surface area contributed by atoms with Crippen molar-refractivity contribution in [2.24, 2.45) is 10.9 Å². The van der Waals surface area contributed by atoms with Gasteiger partial charge in [0, 0.05) is 4.75 Å². The number of rotatable bonds is 2. The number of primary sulfonamides is 1. The Morgan fingerprint density at radius 3 is 2.39 bits per heavy atom. The van der Waals surface area contributed by atoms with Crippen LogP contribution >= 0.6 is 11.8 Å². The lowest BCUT2D eigenvalue weighted by Gasteiger charge is -2.48. The Labute approximate surface area is 108 Å². The minimum absolute atomic E-state index is 0.835. The predicted octanol–water partition coefficient (Wildman–Crippen LogP) is -1.92. The number of carboxylic acids is 1. The van der Waals surface area contributed by atoms with Crippen molar-refractivity contribution in [2.45, 2.75) is 34.9 Å². The maximum atomic E-state index is 11.9. The second-order valence-corrected chi connectivity index (χ2v) is 8.36. The molecule has 3 atom stereocenters. The Morgan fingerprint density at radius 2 is 2.00 bits per heavy atom. The lowest BCUT2D eigenvalue weighted by molar-refractivity contribution is -0.161. The molecular formula is C8H13N3O5S2. The maximum Gasteiger partial charge on any atom is 0.327 e. The molecule has 0 unspecified atom stereocenters. The molecule has 18 heavy (non-hydrogen) atoms. The molecular weight excluding hydrogens is 282 g/mol. The molecule has 2 aliphatic heterocycles. The highest BCUT2D eigenvalue weighted by Gasteiger charge is 2.74. The van der Waals surface area contributed by atoms with E-state index in [0.29, 0.717) is 0 Å². The van der Waals surface area contributed by atoms with Gasteiger partial charge in [0.1, 0.15) is 11.4 Å². The van der Waals surface area contributed by atoms with Crippen LogP contribution in [0, 0.1) is 0 Å². The Morgan fingerprint density at radius 1 is 1.50 bits per heavy atom. The summed E-state index contributed by atoms with van der Waals surface area (Å²) in [5.74, 6) is -2.15. The Balaban J connectivity index is 2.48. The van der Waals surface area contributed by atoms with Crippen molar-refractivity contribution in [3.05, 3.63) is 0 Å². The molecule has 0 saturated carbocycles. The molecule has 0 aromatic heterocycles. The summed E-state index contributed by atoms with van der Waals surface area (Å²) in [5.41, 5.74) is 5.57. The molecule has 2 aliphatic rings. The summed E-state index contributed by atoms with van der Waals surface area (Å²) in [4.78, 5) is 21.8. The number of hydrogen-bond donors (Lipinski definition) is 3. The third kappa shape index (κ3) is 1.37. The van der Waals surface area contributed by atoms with Gasteiger partial charge in [-0.1, -0.05) is 0 Å². The van der Waals surface area contributed by atoms with Gasteiger partial charge >= 0.3 is 5.97 Å². The summed E-state index contributed by atoms with van der Waals surface area (Å²) in [5, 5.41) is 13.1. The molecule has 0 aliphatic carbocycles. The van der Waals surface area contributed by atoms with Crippen molar-refractivity contribution in [2.75, 3.05) is 0 Å². The van der Waals surface area contributed by atoms with Gasteiger partial charge in [-0.25, -0.2) is 18.4 Å². The van der Waals surface area contributed by atoms with Crippen molar-refractivity contribution in [3.8, 4) is 0 Å². The summed E-state index contributed by atoms with van der Waals surface area (Å²) in [6.07, 6.45) is 0. The van der Waals surface area contributed by atoms with Crippen molar-refractivity contribution >= 4 is 33.7 Å². The fraction of sp³-hybridized carbons (Fsp3) is 0.750. The first-order valence-electron chi connectivity index (χ1n) is 4.99. The normalized spacial score (nSPS) is 38.2. The molecule has 10 heteroatoms. The van der Waals surface area contributed by atoms with Gasteiger partial charge in [0.15, 0.2) is 0 Å². The highest BCUT2D eigenvalue weighted by Crippen LogP contribution is 2.54. The van der Waals surface area contributed by atoms with Crippen LogP contribution in [-0.4, -0.2) is 51.3 Å². The number of thioether (sulfide) groups is 1. The van der Waals surface area contributed by atoms with Crippen LogP contribution in [0.15, 0.2) is 0 Å².